The molecule has 1 aromatic carbocycles. The first kappa shape index (κ1) is 26.7. The van der Waals surface area contributed by atoms with Gasteiger partial charge in [0, 0.05) is 17.1 Å². The van der Waals surface area contributed by atoms with E-state index in [1.807, 2.05) is 25.1 Å². The minimum absolute atomic E-state index is 0.0187. The van der Waals surface area contributed by atoms with Gasteiger partial charge in [0.25, 0.3) is 5.91 Å². The summed E-state index contributed by atoms with van der Waals surface area (Å²) in [6.45, 7) is 0.567. The Labute approximate surface area is 224 Å². The van der Waals surface area contributed by atoms with Crippen LogP contribution in [0.3, 0.4) is 0 Å². The highest BCUT2D eigenvalue weighted by Crippen LogP contribution is 2.53. The number of amides is 1. The number of phenolic OH excluding ortho intramolecular Hbond substituents is 1. The van der Waals surface area contributed by atoms with Crippen LogP contribution < -0.4 is 5.73 Å². The second-order valence-electron chi connectivity index (χ2n) is 11.0. The number of fused-ring (bicyclic) bond motifs is 3. The Bertz CT molecular complexity index is 1480. The molecule has 5 rings (SSSR count). The van der Waals surface area contributed by atoms with Crippen molar-refractivity contribution in [1.29, 1.82) is 0 Å². The van der Waals surface area contributed by atoms with Crippen LogP contribution in [0.2, 0.25) is 0 Å². The summed E-state index contributed by atoms with van der Waals surface area (Å²) in [5.74, 6) is -5.59. The van der Waals surface area contributed by atoms with E-state index in [4.69, 9.17) is 10.2 Å². The molecule has 4 atom stereocenters. The van der Waals surface area contributed by atoms with Crippen molar-refractivity contribution in [3.8, 4) is 17.1 Å². The summed E-state index contributed by atoms with van der Waals surface area (Å²) in [5.41, 5.74) is 2.85. The average Bonchev–Trinajstić information content (AvgIpc) is 3.28. The van der Waals surface area contributed by atoms with Crippen molar-refractivity contribution in [2.75, 3.05) is 28.2 Å². The molecule has 3 aliphatic carbocycles. The van der Waals surface area contributed by atoms with Crippen LogP contribution >= 0.6 is 0 Å². The van der Waals surface area contributed by atoms with Crippen LogP contribution in [-0.4, -0.2) is 87.5 Å². The van der Waals surface area contributed by atoms with Gasteiger partial charge >= 0.3 is 0 Å². The number of aliphatic hydroxyl groups excluding tert-OH is 2. The summed E-state index contributed by atoms with van der Waals surface area (Å²) in [4.78, 5) is 42.6. The molecule has 11 nitrogen and oxygen atoms in total. The second kappa shape index (κ2) is 9.08. The third kappa shape index (κ3) is 3.80. The lowest BCUT2D eigenvalue weighted by molar-refractivity contribution is -0.153. The van der Waals surface area contributed by atoms with E-state index in [-0.39, 0.29) is 29.7 Å². The lowest BCUT2D eigenvalue weighted by Gasteiger charge is -2.50. The molecule has 0 radical (unpaired) electrons. The molecule has 11 heteroatoms. The minimum Gasteiger partial charge on any atom is -0.508 e. The quantitative estimate of drug-likeness (QED) is 0.349. The Kier molecular flexibility index (Phi) is 6.21. The molecule has 39 heavy (non-hydrogen) atoms. The molecule has 1 amide bonds. The standard InChI is InChI=1S/C28H31N3O8/c1-30(2)11-13-5-8-18(39-13)14-6-7-17(32)20-15(14)9-12-10-16-22(31(3)4)24(34)21(27(29)37)26(36)28(16,38)25(35)19(12)23(20)33/h5-8,12,16,22,32-33,36,38H,9-11H2,1-4H3,(H2,29,37)/t12-,16-,22-,28-/m0/s1. The first-order valence-corrected chi connectivity index (χ1v) is 12.5. The van der Waals surface area contributed by atoms with Crippen LogP contribution in [-0.2, 0) is 27.3 Å². The summed E-state index contributed by atoms with van der Waals surface area (Å²) in [7, 11) is 6.94. The highest BCUT2D eigenvalue weighted by atomic mass is 16.4. The maximum atomic E-state index is 13.9. The van der Waals surface area contributed by atoms with Gasteiger partial charge in [-0.1, -0.05) is 0 Å². The van der Waals surface area contributed by atoms with E-state index >= 15 is 0 Å². The molecule has 0 aliphatic heterocycles. The fourth-order valence-electron chi connectivity index (χ4n) is 6.39. The Balaban J connectivity index is 1.69. The van der Waals surface area contributed by atoms with Gasteiger partial charge in [0.2, 0.25) is 5.78 Å². The van der Waals surface area contributed by atoms with Crippen molar-refractivity contribution in [2.45, 2.75) is 31.0 Å². The third-order valence-electron chi connectivity index (χ3n) is 8.00. The fraction of sp³-hybridized carbons (Fsp3) is 0.393. The molecule has 0 unspecified atom stereocenters. The molecule has 1 aromatic heterocycles. The Morgan fingerprint density at radius 3 is 2.41 bits per heavy atom. The number of Topliss-reactive ketones (excluding diaryl/α,β-unsaturated/α-hetero) is 2. The predicted molar refractivity (Wildman–Crippen MR) is 139 cm³/mol. The number of hydrogen-bond donors (Lipinski definition) is 5. The number of phenols is 1. The normalized spacial score (nSPS) is 26.7. The zero-order valence-electron chi connectivity index (χ0n) is 22.1. The number of aromatic hydroxyl groups is 1. The van der Waals surface area contributed by atoms with Crippen LogP contribution in [0.5, 0.6) is 5.75 Å². The van der Waals surface area contributed by atoms with Crippen molar-refractivity contribution < 1.29 is 39.2 Å². The molecule has 2 aromatic rings. The second-order valence-corrected chi connectivity index (χ2v) is 11.0. The molecule has 0 spiro atoms. The summed E-state index contributed by atoms with van der Waals surface area (Å²) in [5, 5.41) is 44.7. The molecular weight excluding hydrogens is 506 g/mol. The number of hydrogen-bond acceptors (Lipinski definition) is 10. The van der Waals surface area contributed by atoms with Gasteiger partial charge in [0.05, 0.1) is 18.2 Å². The van der Waals surface area contributed by atoms with E-state index in [2.05, 4.69) is 0 Å². The number of nitrogens with zero attached hydrogens (tertiary/aromatic N) is 2. The molecular formula is C28H31N3O8. The van der Waals surface area contributed by atoms with Gasteiger partial charge in [0.15, 0.2) is 11.4 Å². The van der Waals surface area contributed by atoms with Gasteiger partial charge in [-0.3, -0.25) is 19.3 Å². The molecule has 1 heterocycles. The summed E-state index contributed by atoms with van der Waals surface area (Å²) >= 11 is 0. The van der Waals surface area contributed by atoms with Crippen molar-refractivity contribution in [3.05, 3.63) is 58.1 Å². The summed E-state index contributed by atoms with van der Waals surface area (Å²) in [6.07, 6.45) is 0.201. The Morgan fingerprint density at radius 1 is 1.10 bits per heavy atom. The van der Waals surface area contributed by atoms with Crippen molar-refractivity contribution in [3.63, 3.8) is 0 Å². The first-order chi connectivity index (χ1) is 18.3. The molecule has 206 valence electrons. The van der Waals surface area contributed by atoms with Crippen LogP contribution in [0.15, 0.2) is 45.6 Å². The maximum absolute atomic E-state index is 13.9. The first-order valence-electron chi connectivity index (χ1n) is 12.5. The van der Waals surface area contributed by atoms with Crippen molar-refractivity contribution in [2.24, 2.45) is 17.6 Å². The lowest BCUT2D eigenvalue weighted by Crippen LogP contribution is -2.65. The summed E-state index contributed by atoms with van der Waals surface area (Å²) in [6, 6.07) is 5.55. The monoisotopic (exact) mass is 537 g/mol. The smallest absolute Gasteiger partial charge is 0.255 e. The SMILES string of the molecule is CN(C)Cc1ccc(-c2ccc(O)c3c2C[C@H]2C[C@H]4[C@H](N(C)C)C(=O)C(C(N)=O)=C(O)[C@@]4(O)C(=O)C2=C3O)o1. The zero-order chi connectivity index (χ0) is 28.5. The fourth-order valence-corrected chi connectivity index (χ4v) is 6.39. The lowest BCUT2D eigenvalue weighted by atomic mass is 9.57. The number of carbonyl (C=O) groups is 3. The van der Waals surface area contributed by atoms with E-state index in [9.17, 15) is 34.8 Å². The van der Waals surface area contributed by atoms with Crippen LogP contribution in [0.25, 0.3) is 17.1 Å². The number of aliphatic hydroxyl groups is 3. The number of carbonyl (C=O) groups excluding carboxylic acids is 3. The van der Waals surface area contributed by atoms with Crippen LogP contribution in [0.4, 0.5) is 0 Å². The molecule has 0 saturated heterocycles. The van der Waals surface area contributed by atoms with Crippen molar-refractivity contribution >= 4 is 23.2 Å². The predicted octanol–water partition coefficient (Wildman–Crippen LogP) is 1.29. The van der Waals surface area contributed by atoms with Crippen molar-refractivity contribution in [1.82, 2.24) is 9.80 Å². The highest BCUT2D eigenvalue weighted by molar-refractivity contribution is 6.24. The third-order valence-corrected chi connectivity index (χ3v) is 8.00. The van der Waals surface area contributed by atoms with E-state index in [0.29, 0.717) is 29.2 Å². The number of furan rings is 1. The zero-order valence-corrected chi connectivity index (χ0v) is 22.1. The van der Waals surface area contributed by atoms with Gasteiger partial charge in [-0.15, -0.1) is 0 Å². The molecule has 1 fully saturated rings. The largest absolute Gasteiger partial charge is 0.508 e. The number of nitrogens with two attached hydrogens (primary N) is 1. The van der Waals surface area contributed by atoms with Gasteiger partial charge in [-0.25, -0.2) is 0 Å². The minimum atomic E-state index is -2.67. The summed E-state index contributed by atoms with van der Waals surface area (Å²) < 4.78 is 6.03. The number of benzene rings is 1. The van der Waals surface area contributed by atoms with Gasteiger partial charge in [-0.05, 0) is 76.8 Å². The van der Waals surface area contributed by atoms with E-state index in [1.54, 1.807) is 26.2 Å². The topological polar surface area (TPSA) is 178 Å². The van der Waals surface area contributed by atoms with E-state index < -0.39 is 58.0 Å². The highest BCUT2D eigenvalue weighted by Gasteiger charge is 2.64. The molecule has 6 N–H and O–H groups in total. The number of primary amides is 1. The molecule has 0 bridgehead atoms. The maximum Gasteiger partial charge on any atom is 0.255 e. The number of rotatable bonds is 5. The Morgan fingerprint density at radius 2 is 1.79 bits per heavy atom. The molecule has 1 saturated carbocycles. The number of likely N-dealkylation sites (N-methyl/N-ethyl adjacent to an activating group) is 1. The van der Waals surface area contributed by atoms with Crippen LogP contribution in [0.1, 0.15) is 23.3 Å². The van der Waals surface area contributed by atoms with Gasteiger partial charge in [-0.2, -0.15) is 0 Å². The van der Waals surface area contributed by atoms with Crippen LogP contribution in [0, 0.1) is 11.8 Å². The number of ketones is 2. The van der Waals surface area contributed by atoms with E-state index in [0.717, 1.165) is 0 Å². The van der Waals surface area contributed by atoms with E-state index in [1.165, 1.54) is 11.0 Å². The van der Waals surface area contributed by atoms with Gasteiger partial charge in [0.1, 0.15) is 34.4 Å². The Hall–Kier alpha value is -3.93. The van der Waals surface area contributed by atoms with Gasteiger partial charge < -0.3 is 35.5 Å². The molecule has 3 aliphatic rings. The average molecular weight is 538 g/mol.